The smallest absolute Gasteiger partial charge is 0.260 e. The van der Waals surface area contributed by atoms with E-state index in [4.69, 9.17) is 18.9 Å². The zero-order valence-corrected chi connectivity index (χ0v) is 33.2. The van der Waals surface area contributed by atoms with Crippen molar-refractivity contribution in [3.8, 4) is 51.7 Å². The van der Waals surface area contributed by atoms with Gasteiger partial charge in [0, 0.05) is 74.8 Å². The Hall–Kier alpha value is -8.09. The second kappa shape index (κ2) is 12.7. The summed E-state index contributed by atoms with van der Waals surface area (Å²) in [5.74, 6) is 6.01. The molecular formula is C54H32B2N2O4. The predicted molar refractivity (Wildman–Crippen MR) is 251 cm³/mol. The summed E-state index contributed by atoms with van der Waals surface area (Å²) >= 11 is 0. The van der Waals surface area contributed by atoms with Crippen LogP contribution in [0.15, 0.2) is 194 Å². The Kier molecular flexibility index (Phi) is 6.91. The molecule has 62 heavy (non-hydrogen) atoms. The van der Waals surface area contributed by atoms with Crippen LogP contribution in [0.25, 0.3) is 27.5 Å². The highest BCUT2D eigenvalue weighted by atomic mass is 16.5. The van der Waals surface area contributed by atoms with E-state index in [0.29, 0.717) is 5.75 Å². The third-order valence-corrected chi connectivity index (χ3v) is 12.9. The molecule has 0 radical (unpaired) electrons. The number of nitrogens with zero attached hydrogens (tertiary/aromatic N) is 2. The first-order chi connectivity index (χ1) is 30.7. The molecule has 0 spiro atoms. The molecule has 0 aliphatic carbocycles. The number of ether oxygens (including phenoxy) is 4. The first kappa shape index (κ1) is 33.7. The summed E-state index contributed by atoms with van der Waals surface area (Å²) < 4.78 is 29.5. The molecule has 0 saturated heterocycles. The first-order valence-electron chi connectivity index (χ1n) is 21.1. The number of hydrogen-bond donors (Lipinski definition) is 0. The fraction of sp³-hybridized carbons (Fsp3) is 0. The molecule has 1 aromatic heterocycles. The zero-order valence-electron chi connectivity index (χ0n) is 33.2. The van der Waals surface area contributed by atoms with Gasteiger partial charge in [-0.05, 0) is 75.8 Å². The minimum atomic E-state index is -0.136. The van der Waals surface area contributed by atoms with Crippen LogP contribution in [0.4, 0.5) is 17.1 Å². The Morgan fingerprint density at radius 3 is 1.74 bits per heavy atom. The molecular weight excluding hydrogens is 762 g/mol. The summed E-state index contributed by atoms with van der Waals surface area (Å²) in [6.45, 7) is -0.229. The van der Waals surface area contributed by atoms with Gasteiger partial charge in [-0.1, -0.05) is 115 Å². The van der Waals surface area contributed by atoms with Crippen LogP contribution in [-0.2, 0) is 0 Å². The van der Waals surface area contributed by atoms with Gasteiger partial charge in [0.15, 0.2) is 0 Å². The lowest BCUT2D eigenvalue weighted by Gasteiger charge is -2.42. The van der Waals surface area contributed by atoms with Crippen molar-refractivity contribution >= 4 is 85.1 Å². The molecule has 9 aromatic carbocycles. The molecule has 4 aliphatic rings. The lowest BCUT2D eigenvalue weighted by Crippen LogP contribution is -2.63. The van der Waals surface area contributed by atoms with Crippen molar-refractivity contribution in [2.75, 3.05) is 4.90 Å². The summed E-state index contributed by atoms with van der Waals surface area (Å²) in [5.41, 5.74) is 13.6. The van der Waals surface area contributed by atoms with Gasteiger partial charge in [-0.15, -0.1) is 0 Å². The molecule has 8 heteroatoms. The van der Waals surface area contributed by atoms with Gasteiger partial charge in [-0.3, -0.25) is 0 Å². The minimum Gasteiger partial charge on any atom is -0.458 e. The van der Waals surface area contributed by atoms with Crippen LogP contribution in [-0.4, -0.2) is 18.0 Å². The summed E-state index contributed by atoms with van der Waals surface area (Å²) in [7, 11) is 0. The number of hydrogen-bond acceptors (Lipinski definition) is 5. The molecule has 0 saturated carbocycles. The van der Waals surface area contributed by atoms with Gasteiger partial charge in [-0.25, -0.2) is 0 Å². The average Bonchev–Trinajstić information content (AvgIpc) is 3.66. The third kappa shape index (κ3) is 4.77. The molecule has 288 valence electrons. The highest BCUT2D eigenvalue weighted by molar-refractivity contribution is 7.02. The molecule has 0 bridgehead atoms. The van der Waals surface area contributed by atoms with Crippen molar-refractivity contribution in [3.05, 3.63) is 194 Å². The molecule has 5 heterocycles. The maximum atomic E-state index is 7.10. The number of fused-ring (bicyclic) bond motifs is 11. The van der Waals surface area contributed by atoms with Crippen LogP contribution in [0.5, 0.6) is 46.0 Å². The zero-order chi connectivity index (χ0) is 40.5. The van der Waals surface area contributed by atoms with Crippen LogP contribution in [0.2, 0.25) is 0 Å². The second-order valence-corrected chi connectivity index (χ2v) is 16.4. The molecule has 4 aliphatic heterocycles. The van der Waals surface area contributed by atoms with Crippen molar-refractivity contribution in [3.63, 3.8) is 0 Å². The van der Waals surface area contributed by atoms with E-state index in [0.717, 1.165) is 79.4 Å². The van der Waals surface area contributed by atoms with Gasteiger partial charge in [0.05, 0.1) is 5.52 Å². The quantitative estimate of drug-likeness (QED) is 0.163. The van der Waals surface area contributed by atoms with Gasteiger partial charge in [0.1, 0.15) is 46.0 Å². The Morgan fingerprint density at radius 2 is 0.968 bits per heavy atom. The standard InChI is InChI=1S/C54H32B2N2O4/c1-4-15-33(16-5-1)57-45-32-49-43(55-40-23-11-13-26-48(40)61-50-29-37(30-51(62-49)53(50)55)60-35-19-8-3-9-20-35)31-42(45)56-41-24-14-22-39-38-21-10-12-25-44(38)58(54(39)41)47-28-36(27-46(57)52(47)56)59-34-17-6-2-7-18-34/h1-32H. The largest absolute Gasteiger partial charge is 0.458 e. The van der Waals surface area contributed by atoms with E-state index in [1.807, 2.05) is 78.9 Å². The topological polar surface area (TPSA) is 45.1 Å². The van der Waals surface area contributed by atoms with Gasteiger partial charge in [0.25, 0.3) is 13.4 Å². The highest BCUT2D eigenvalue weighted by Crippen LogP contribution is 2.46. The monoisotopic (exact) mass is 794 g/mol. The van der Waals surface area contributed by atoms with Gasteiger partial charge in [-0.2, -0.15) is 0 Å². The van der Waals surface area contributed by atoms with Crippen LogP contribution in [0, 0.1) is 0 Å². The van der Waals surface area contributed by atoms with E-state index < -0.39 is 0 Å². The lowest BCUT2D eigenvalue weighted by atomic mass is 9.31. The molecule has 0 atom stereocenters. The fourth-order valence-electron chi connectivity index (χ4n) is 10.5. The SMILES string of the molecule is c1ccc(Oc2cc3c4c(c2)Oc2cc5c(cc2B4c2ccccc2O3)B2c3c(cc(Oc4ccccc4)cc3-n3c4ccccc4c4cccc2c43)N5c2ccccc2)cc1. The summed E-state index contributed by atoms with van der Waals surface area (Å²) in [4.78, 5) is 2.40. The molecule has 0 unspecified atom stereocenters. The van der Waals surface area contributed by atoms with E-state index >= 15 is 0 Å². The summed E-state index contributed by atoms with van der Waals surface area (Å²) in [6, 6.07) is 67.7. The number of anilines is 3. The van der Waals surface area contributed by atoms with Crippen molar-refractivity contribution < 1.29 is 18.9 Å². The van der Waals surface area contributed by atoms with E-state index in [2.05, 4.69) is 125 Å². The number of para-hydroxylation sites is 6. The fourth-order valence-corrected chi connectivity index (χ4v) is 10.5. The summed E-state index contributed by atoms with van der Waals surface area (Å²) in [5, 5.41) is 2.46. The molecule has 6 nitrogen and oxygen atoms in total. The third-order valence-electron chi connectivity index (χ3n) is 12.9. The molecule has 0 fully saturated rings. The molecule has 0 N–H and O–H groups in total. The van der Waals surface area contributed by atoms with Gasteiger partial charge >= 0.3 is 0 Å². The van der Waals surface area contributed by atoms with Crippen molar-refractivity contribution in [2.45, 2.75) is 0 Å². The Balaban J connectivity index is 1.06. The maximum absolute atomic E-state index is 7.10. The Morgan fingerprint density at radius 1 is 0.371 bits per heavy atom. The lowest BCUT2D eigenvalue weighted by molar-refractivity contribution is 0.443. The Labute approximate surface area is 357 Å². The number of benzene rings is 9. The van der Waals surface area contributed by atoms with Crippen LogP contribution >= 0.6 is 0 Å². The van der Waals surface area contributed by atoms with Crippen LogP contribution in [0.1, 0.15) is 0 Å². The molecule has 14 rings (SSSR count). The van der Waals surface area contributed by atoms with Crippen LogP contribution in [0.3, 0.4) is 0 Å². The number of aromatic nitrogens is 1. The van der Waals surface area contributed by atoms with Crippen molar-refractivity contribution in [1.82, 2.24) is 4.57 Å². The van der Waals surface area contributed by atoms with Crippen molar-refractivity contribution in [1.29, 1.82) is 0 Å². The molecule has 10 aromatic rings. The van der Waals surface area contributed by atoms with E-state index in [1.54, 1.807) is 0 Å². The highest BCUT2D eigenvalue weighted by Gasteiger charge is 2.46. The van der Waals surface area contributed by atoms with E-state index in [9.17, 15) is 0 Å². The maximum Gasteiger partial charge on any atom is 0.260 e. The van der Waals surface area contributed by atoms with E-state index in [1.165, 1.54) is 38.2 Å². The second-order valence-electron chi connectivity index (χ2n) is 16.4. The first-order valence-corrected chi connectivity index (χ1v) is 21.1. The van der Waals surface area contributed by atoms with Crippen molar-refractivity contribution in [2.24, 2.45) is 0 Å². The minimum absolute atomic E-state index is 0.0934. The van der Waals surface area contributed by atoms with Gasteiger partial charge in [0.2, 0.25) is 0 Å². The van der Waals surface area contributed by atoms with E-state index in [-0.39, 0.29) is 13.4 Å². The van der Waals surface area contributed by atoms with Crippen LogP contribution < -0.4 is 56.6 Å². The number of rotatable bonds is 5. The average molecular weight is 794 g/mol. The Bertz CT molecular complexity index is 3500. The van der Waals surface area contributed by atoms with Gasteiger partial charge < -0.3 is 28.4 Å². The predicted octanol–water partition coefficient (Wildman–Crippen LogP) is 9.71. The summed E-state index contributed by atoms with van der Waals surface area (Å²) in [6.07, 6.45) is 0. The molecule has 0 amide bonds. The normalized spacial score (nSPS) is 13.3.